The number of benzene rings is 1. The maximum Gasteiger partial charge on any atom is 0.163 e. The molecule has 3 aromatic rings. The molecule has 2 aromatic heterocycles. The van der Waals surface area contributed by atoms with Crippen molar-refractivity contribution in [1.82, 2.24) is 9.55 Å². The number of rotatable bonds is 1. The van der Waals surface area contributed by atoms with Crippen molar-refractivity contribution >= 4 is 45.1 Å². The van der Waals surface area contributed by atoms with E-state index in [-0.39, 0.29) is 24.0 Å². The van der Waals surface area contributed by atoms with Crippen molar-refractivity contribution in [2.45, 2.75) is 25.3 Å². The number of halogens is 1. The van der Waals surface area contributed by atoms with E-state index in [1.165, 1.54) is 0 Å². The summed E-state index contributed by atoms with van der Waals surface area (Å²) in [4.78, 5) is 28.3. The van der Waals surface area contributed by atoms with Crippen LogP contribution in [0.25, 0.3) is 21.9 Å². The van der Waals surface area contributed by atoms with Crippen LogP contribution in [-0.2, 0) is 9.59 Å². The van der Waals surface area contributed by atoms with Gasteiger partial charge in [-0.25, -0.2) is 4.98 Å². The Morgan fingerprint density at radius 1 is 1.18 bits per heavy atom. The molecule has 0 amide bonds. The van der Waals surface area contributed by atoms with E-state index in [9.17, 15) is 9.59 Å². The van der Waals surface area contributed by atoms with E-state index in [0.717, 1.165) is 21.9 Å². The molecule has 0 saturated heterocycles. The van der Waals surface area contributed by atoms with Crippen molar-refractivity contribution in [3.8, 4) is 0 Å². The lowest BCUT2D eigenvalue weighted by Crippen LogP contribution is -2.27. The number of hydrogen-bond donors (Lipinski definition) is 0. The molecule has 0 N–H and O–H groups in total. The van der Waals surface area contributed by atoms with Crippen molar-refractivity contribution in [3.05, 3.63) is 41.6 Å². The largest absolute Gasteiger partial charge is 0.315 e. The second-order valence-electron chi connectivity index (χ2n) is 5.64. The van der Waals surface area contributed by atoms with Gasteiger partial charge >= 0.3 is 0 Å². The fraction of sp³-hybridized carbons (Fsp3) is 0.235. The normalized spacial score (nSPS) is 19.2. The van der Waals surface area contributed by atoms with Crippen molar-refractivity contribution in [3.63, 3.8) is 0 Å². The molecule has 1 aromatic carbocycles. The first-order chi connectivity index (χ1) is 10.6. The second-order valence-corrected chi connectivity index (χ2v) is 6.08. The Morgan fingerprint density at radius 3 is 2.86 bits per heavy atom. The topological polar surface area (TPSA) is 52.0 Å². The Labute approximate surface area is 131 Å². The van der Waals surface area contributed by atoms with Crippen LogP contribution in [-0.4, -0.2) is 21.1 Å². The van der Waals surface area contributed by atoms with E-state index in [0.29, 0.717) is 17.9 Å². The molecule has 1 aliphatic rings. The van der Waals surface area contributed by atoms with Crippen LogP contribution in [0, 0.1) is 0 Å². The van der Waals surface area contributed by atoms with Gasteiger partial charge in [-0.3, -0.25) is 9.59 Å². The number of hydrogen-bond acceptors (Lipinski definition) is 3. The molecule has 0 radical (unpaired) electrons. The number of fused-ring (bicyclic) bond motifs is 3. The van der Waals surface area contributed by atoms with Crippen LogP contribution in [0.1, 0.15) is 25.3 Å². The molecule has 0 aliphatic heterocycles. The van der Waals surface area contributed by atoms with Gasteiger partial charge in [0.05, 0.1) is 18.0 Å². The highest BCUT2D eigenvalue weighted by atomic mass is 35.5. The van der Waals surface area contributed by atoms with E-state index in [4.69, 9.17) is 11.6 Å². The molecule has 1 saturated carbocycles. The summed E-state index contributed by atoms with van der Waals surface area (Å²) in [5, 5.41) is 2.65. The van der Waals surface area contributed by atoms with E-state index in [1.54, 1.807) is 6.20 Å². The maximum atomic E-state index is 12.4. The number of nitrogens with zero attached hydrogens (tertiary/aromatic N) is 2. The van der Waals surface area contributed by atoms with Gasteiger partial charge in [0.25, 0.3) is 0 Å². The smallest absolute Gasteiger partial charge is 0.163 e. The first-order valence-corrected chi connectivity index (χ1v) is 7.61. The summed E-state index contributed by atoms with van der Waals surface area (Å²) < 4.78 is 1.95. The molecule has 0 bridgehead atoms. The van der Waals surface area contributed by atoms with Gasteiger partial charge in [-0.15, -0.1) is 0 Å². The van der Waals surface area contributed by atoms with Crippen LogP contribution in [0.5, 0.6) is 0 Å². The van der Waals surface area contributed by atoms with E-state index in [2.05, 4.69) is 4.98 Å². The fourth-order valence-corrected chi connectivity index (χ4v) is 3.46. The summed E-state index contributed by atoms with van der Waals surface area (Å²) in [6.07, 6.45) is 2.70. The summed E-state index contributed by atoms with van der Waals surface area (Å²) in [5.74, 6) is -0.0197. The van der Waals surface area contributed by atoms with Crippen molar-refractivity contribution in [2.24, 2.45) is 0 Å². The molecule has 2 heterocycles. The lowest BCUT2D eigenvalue weighted by Gasteiger charge is -2.23. The van der Waals surface area contributed by atoms with Gasteiger partial charge in [-0.05, 0) is 30.7 Å². The molecule has 0 spiro atoms. The Kier molecular flexibility index (Phi) is 3.01. The van der Waals surface area contributed by atoms with E-state index < -0.39 is 0 Å². The SMILES string of the molecule is O=C1CCC(n2c3cc(Cl)ccc3c3cccnc32)C(=O)C1. The molecule has 1 atom stereocenters. The molecule has 1 aliphatic carbocycles. The third-order valence-electron chi connectivity index (χ3n) is 4.28. The number of aromatic nitrogens is 2. The van der Waals surface area contributed by atoms with Crippen LogP contribution >= 0.6 is 11.6 Å². The van der Waals surface area contributed by atoms with Gasteiger partial charge in [0.1, 0.15) is 11.4 Å². The van der Waals surface area contributed by atoms with Gasteiger partial charge in [-0.1, -0.05) is 17.7 Å². The third-order valence-corrected chi connectivity index (χ3v) is 4.51. The average molecular weight is 313 g/mol. The highest BCUT2D eigenvalue weighted by Gasteiger charge is 2.30. The summed E-state index contributed by atoms with van der Waals surface area (Å²) in [6.45, 7) is 0. The highest BCUT2D eigenvalue weighted by molar-refractivity contribution is 6.31. The van der Waals surface area contributed by atoms with Gasteiger partial charge in [0.15, 0.2) is 5.78 Å². The maximum absolute atomic E-state index is 12.4. The minimum absolute atomic E-state index is 0.0131. The number of carbonyl (C=O) groups excluding carboxylic acids is 2. The molecule has 4 nitrogen and oxygen atoms in total. The van der Waals surface area contributed by atoms with Crippen LogP contribution in [0.4, 0.5) is 0 Å². The Bertz CT molecular complexity index is 929. The first-order valence-electron chi connectivity index (χ1n) is 7.24. The Morgan fingerprint density at radius 2 is 2.05 bits per heavy atom. The second kappa shape index (κ2) is 4.92. The molecule has 1 fully saturated rings. The third kappa shape index (κ3) is 1.95. The van der Waals surface area contributed by atoms with Crippen molar-refractivity contribution < 1.29 is 9.59 Å². The molecule has 4 rings (SSSR count). The standard InChI is InChI=1S/C17H13ClN2O2/c18-10-3-5-12-13-2-1-7-19-17(13)20(15(12)8-10)14-6-4-11(21)9-16(14)22/h1-3,5,7-8,14H,4,6,9H2. The summed E-state index contributed by atoms with van der Waals surface area (Å²) >= 11 is 6.14. The van der Waals surface area contributed by atoms with Gasteiger partial charge < -0.3 is 4.57 Å². The number of pyridine rings is 1. The van der Waals surface area contributed by atoms with Crippen LogP contribution < -0.4 is 0 Å². The molecule has 5 heteroatoms. The quantitative estimate of drug-likeness (QED) is 0.644. The summed E-state index contributed by atoms with van der Waals surface area (Å²) in [7, 11) is 0. The average Bonchev–Trinajstić information content (AvgIpc) is 2.81. The van der Waals surface area contributed by atoms with Gasteiger partial charge in [-0.2, -0.15) is 0 Å². The lowest BCUT2D eigenvalue weighted by atomic mass is 9.92. The molecule has 22 heavy (non-hydrogen) atoms. The zero-order valence-electron chi connectivity index (χ0n) is 11.8. The number of Topliss-reactive ketones (excluding diaryl/α,β-unsaturated/α-hetero) is 2. The Balaban J connectivity index is 2.04. The van der Waals surface area contributed by atoms with E-state index >= 15 is 0 Å². The van der Waals surface area contributed by atoms with Crippen LogP contribution in [0.3, 0.4) is 0 Å². The number of carbonyl (C=O) groups is 2. The monoisotopic (exact) mass is 312 g/mol. The summed E-state index contributed by atoms with van der Waals surface area (Å²) in [6, 6.07) is 9.19. The molecular weight excluding hydrogens is 300 g/mol. The Hall–Kier alpha value is -2.20. The minimum atomic E-state index is -0.342. The van der Waals surface area contributed by atoms with Crippen LogP contribution in [0.2, 0.25) is 5.02 Å². The minimum Gasteiger partial charge on any atom is -0.315 e. The molecule has 110 valence electrons. The predicted octanol–water partition coefficient (Wildman–Crippen LogP) is 3.71. The first kappa shape index (κ1) is 13.5. The summed E-state index contributed by atoms with van der Waals surface area (Å²) in [5.41, 5.74) is 1.67. The fourth-order valence-electron chi connectivity index (χ4n) is 3.29. The van der Waals surface area contributed by atoms with E-state index in [1.807, 2.05) is 34.9 Å². The highest BCUT2D eigenvalue weighted by Crippen LogP contribution is 2.35. The van der Waals surface area contributed by atoms with Crippen molar-refractivity contribution in [1.29, 1.82) is 0 Å². The van der Waals surface area contributed by atoms with Gasteiger partial charge in [0, 0.05) is 28.4 Å². The molecule has 1 unspecified atom stereocenters. The zero-order chi connectivity index (χ0) is 15.3. The van der Waals surface area contributed by atoms with Gasteiger partial charge in [0.2, 0.25) is 0 Å². The number of ketones is 2. The molecular formula is C17H13ClN2O2. The zero-order valence-corrected chi connectivity index (χ0v) is 12.5. The van der Waals surface area contributed by atoms with Crippen LogP contribution in [0.15, 0.2) is 36.5 Å². The lowest BCUT2D eigenvalue weighted by molar-refractivity contribution is -0.131. The van der Waals surface area contributed by atoms with Crippen molar-refractivity contribution in [2.75, 3.05) is 0 Å². The predicted molar refractivity (Wildman–Crippen MR) is 85.2 cm³/mol.